The molecule has 0 radical (unpaired) electrons. The van der Waals surface area contributed by atoms with Crippen molar-refractivity contribution < 1.29 is 20.4 Å². The zero-order chi connectivity index (χ0) is 4.24. The van der Waals surface area contributed by atoms with E-state index >= 15 is 0 Å². The van der Waals surface area contributed by atoms with Gasteiger partial charge in [0.2, 0.25) is 0 Å². The molecule has 7 heavy (non-hydrogen) atoms. The van der Waals surface area contributed by atoms with E-state index in [2.05, 4.69) is 5.32 Å². The zero-order valence-corrected chi connectivity index (χ0v) is 5.85. The summed E-state index contributed by atoms with van der Waals surface area (Å²) in [6, 6.07) is 0. The van der Waals surface area contributed by atoms with E-state index in [1.54, 1.807) is 0 Å². The molecule has 0 atom stereocenters. The summed E-state index contributed by atoms with van der Waals surface area (Å²) in [7, 11) is 0. The standard InChI is InChI=1S/C5H10N.Pd/c1-2-4-6-5-3-1;/h1-5H2;/q-1;. The van der Waals surface area contributed by atoms with Crippen molar-refractivity contribution in [3.8, 4) is 0 Å². The molecular weight excluding hydrogens is 180 g/mol. The van der Waals surface area contributed by atoms with Crippen molar-refractivity contribution in [3.63, 3.8) is 0 Å². The number of piperidine rings is 1. The van der Waals surface area contributed by atoms with Crippen LogP contribution in [-0.2, 0) is 20.4 Å². The van der Waals surface area contributed by atoms with Gasteiger partial charge in [-0.15, -0.1) is 13.1 Å². The first-order chi connectivity index (χ1) is 3.00. The fourth-order valence-electron chi connectivity index (χ4n) is 0.736. The van der Waals surface area contributed by atoms with Gasteiger partial charge < -0.3 is 5.32 Å². The molecule has 0 N–H and O–H groups in total. The average molecular weight is 191 g/mol. The Morgan fingerprint density at radius 1 is 0.857 bits per heavy atom. The average Bonchev–Trinajstić information content (AvgIpc) is 1.72. The van der Waals surface area contributed by atoms with Gasteiger partial charge >= 0.3 is 0 Å². The van der Waals surface area contributed by atoms with Crippen molar-refractivity contribution in [2.75, 3.05) is 13.1 Å². The summed E-state index contributed by atoms with van der Waals surface area (Å²) in [6.45, 7) is 2.25. The molecule has 1 aliphatic rings. The van der Waals surface area contributed by atoms with Crippen molar-refractivity contribution in [2.45, 2.75) is 19.3 Å². The molecular formula is C5H10NPd-. The van der Waals surface area contributed by atoms with Crippen LogP contribution in [0, 0.1) is 0 Å². The molecule has 0 amide bonds. The molecule has 1 heterocycles. The van der Waals surface area contributed by atoms with Crippen molar-refractivity contribution in [2.24, 2.45) is 0 Å². The second-order valence-corrected chi connectivity index (χ2v) is 1.73. The molecule has 0 aromatic rings. The first kappa shape index (κ1) is 7.62. The predicted octanol–water partition coefficient (Wildman–Crippen LogP) is 1.54. The van der Waals surface area contributed by atoms with Gasteiger partial charge in [0.25, 0.3) is 0 Å². The van der Waals surface area contributed by atoms with Crippen LogP contribution in [0.4, 0.5) is 0 Å². The molecule has 0 aromatic carbocycles. The van der Waals surface area contributed by atoms with Crippen LogP contribution in [0.3, 0.4) is 0 Å². The first-order valence-electron chi connectivity index (χ1n) is 2.63. The monoisotopic (exact) mass is 190 g/mol. The van der Waals surface area contributed by atoms with Crippen molar-refractivity contribution in [3.05, 3.63) is 5.32 Å². The summed E-state index contributed by atoms with van der Waals surface area (Å²) in [5.74, 6) is 0. The Hall–Kier alpha value is 0.622. The van der Waals surface area contributed by atoms with Gasteiger partial charge in [-0.2, -0.15) is 0 Å². The van der Waals surface area contributed by atoms with Gasteiger partial charge in [-0.05, 0) is 0 Å². The van der Waals surface area contributed by atoms with E-state index in [-0.39, 0.29) is 20.4 Å². The molecule has 0 aromatic heterocycles. The largest absolute Gasteiger partial charge is 0.662 e. The normalized spacial score (nSPS) is 20.6. The fraction of sp³-hybridized carbons (Fsp3) is 1.00. The number of rotatable bonds is 0. The molecule has 1 rings (SSSR count). The molecule has 1 aliphatic heterocycles. The Bertz CT molecular complexity index is 23.6. The van der Waals surface area contributed by atoms with Crippen LogP contribution >= 0.6 is 0 Å². The molecule has 46 valence electrons. The number of nitrogens with zero attached hydrogens (tertiary/aromatic N) is 1. The minimum atomic E-state index is 0. The van der Waals surface area contributed by atoms with Crippen LogP contribution in [0.15, 0.2) is 0 Å². The number of hydrogen-bond acceptors (Lipinski definition) is 0. The third-order valence-corrected chi connectivity index (χ3v) is 1.13. The number of hydrogen-bond donors (Lipinski definition) is 0. The molecule has 0 saturated carbocycles. The fourth-order valence-corrected chi connectivity index (χ4v) is 0.736. The van der Waals surface area contributed by atoms with E-state index < -0.39 is 0 Å². The van der Waals surface area contributed by atoms with Gasteiger partial charge in [0.1, 0.15) is 0 Å². The molecule has 0 spiro atoms. The van der Waals surface area contributed by atoms with Gasteiger partial charge in [-0.25, -0.2) is 0 Å². The smallest absolute Gasteiger partial charge is 0 e. The zero-order valence-electron chi connectivity index (χ0n) is 4.30. The molecule has 1 saturated heterocycles. The van der Waals surface area contributed by atoms with Crippen LogP contribution in [0.5, 0.6) is 0 Å². The van der Waals surface area contributed by atoms with E-state index in [9.17, 15) is 0 Å². The van der Waals surface area contributed by atoms with Crippen LogP contribution < -0.4 is 0 Å². The Kier molecular flexibility index (Phi) is 5.20. The molecule has 0 bridgehead atoms. The first-order valence-corrected chi connectivity index (χ1v) is 2.63. The van der Waals surface area contributed by atoms with E-state index in [0.717, 1.165) is 13.1 Å². The maximum absolute atomic E-state index is 4.18. The van der Waals surface area contributed by atoms with E-state index in [1.807, 2.05) is 0 Å². The molecule has 2 heteroatoms. The second kappa shape index (κ2) is 4.77. The van der Waals surface area contributed by atoms with Crippen LogP contribution in [0.1, 0.15) is 19.3 Å². The summed E-state index contributed by atoms with van der Waals surface area (Å²) in [5.41, 5.74) is 0. The molecule has 0 aliphatic carbocycles. The Morgan fingerprint density at radius 2 is 1.43 bits per heavy atom. The maximum atomic E-state index is 4.18. The minimum Gasteiger partial charge on any atom is -0.662 e. The summed E-state index contributed by atoms with van der Waals surface area (Å²) in [6.07, 6.45) is 4.07. The van der Waals surface area contributed by atoms with Crippen LogP contribution in [0.25, 0.3) is 5.32 Å². The summed E-state index contributed by atoms with van der Waals surface area (Å²) in [4.78, 5) is 0. The van der Waals surface area contributed by atoms with Crippen molar-refractivity contribution in [1.82, 2.24) is 0 Å². The third-order valence-electron chi connectivity index (χ3n) is 1.13. The third kappa shape index (κ3) is 3.23. The summed E-state index contributed by atoms with van der Waals surface area (Å²) < 4.78 is 0. The van der Waals surface area contributed by atoms with Gasteiger partial charge in [0.15, 0.2) is 0 Å². The minimum absolute atomic E-state index is 0. The van der Waals surface area contributed by atoms with Gasteiger partial charge in [-0.3, -0.25) is 0 Å². The van der Waals surface area contributed by atoms with Gasteiger partial charge in [0, 0.05) is 20.4 Å². The van der Waals surface area contributed by atoms with Gasteiger partial charge in [0.05, 0.1) is 0 Å². The predicted molar refractivity (Wildman–Crippen MR) is 26.9 cm³/mol. The SMILES string of the molecule is C1CC[N-]CC1.[Pd]. The van der Waals surface area contributed by atoms with Gasteiger partial charge in [-0.1, -0.05) is 19.3 Å². The molecule has 1 fully saturated rings. The van der Waals surface area contributed by atoms with E-state index in [0.29, 0.717) is 0 Å². The molecule has 0 unspecified atom stereocenters. The van der Waals surface area contributed by atoms with E-state index in [1.165, 1.54) is 19.3 Å². The summed E-state index contributed by atoms with van der Waals surface area (Å²) >= 11 is 0. The van der Waals surface area contributed by atoms with E-state index in [4.69, 9.17) is 0 Å². The summed E-state index contributed by atoms with van der Waals surface area (Å²) in [5, 5.41) is 4.18. The quantitative estimate of drug-likeness (QED) is 0.515. The van der Waals surface area contributed by atoms with Crippen molar-refractivity contribution in [1.29, 1.82) is 0 Å². The Balaban J connectivity index is 0.000000360. The second-order valence-electron chi connectivity index (χ2n) is 1.73. The Morgan fingerprint density at radius 3 is 1.57 bits per heavy atom. The Labute approximate surface area is 58.5 Å². The topological polar surface area (TPSA) is 14.1 Å². The molecule has 1 nitrogen and oxygen atoms in total. The van der Waals surface area contributed by atoms with Crippen LogP contribution in [-0.4, -0.2) is 13.1 Å². The van der Waals surface area contributed by atoms with Crippen LogP contribution in [0.2, 0.25) is 0 Å². The maximum Gasteiger partial charge on any atom is 0 e. The van der Waals surface area contributed by atoms with Crippen molar-refractivity contribution >= 4 is 0 Å².